The molecule has 5 rings (SSSR count). The fourth-order valence-electron chi connectivity index (χ4n) is 3.87. The molecule has 0 saturated carbocycles. The molecule has 1 aliphatic heterocycles. The highest BCUT2D eigenvalue weighted by Crippen LogP contribution is 2.34. The second-order valence-electron chi connectivity index (χ2n) is 7.07. The fourth-order valence-corrected chi connectivity index (χ4v) is 4.98. The van der Waals surface area contributed by atoms with Crippen LogP contribution in [-0.2, 0) is 37.1 Å². The number of amides is 1. The lowest BCUT2D eigenvalue weighted by Crippen LogP contribution is -2.34. The zero-order chi connectivity index (χ0) is 18.2. The molecule has 3 aromatic heterocycles. The summed E-state index contributed by atoms with van der Waals surface area (Å²) >= 11 is 1.73. The third-order valence-corrected chi connectivity index (χ3v) is 6.55. The van der Waals surface area contributed by atoms with E-state index < -0.39 is 0 Å². The van der Waals surface area contributed by atoms with Gasteiger partial charge < -0.3 is 9.88 Å². The van der Waals surface area contributed by atoms with E-state index in [0.717, 1.165) is 60.1 Å². The normalized spacial score (nSPS) is 18.1. The smallest absolute Gasteiger partial charge is 0.223 e. The van der Waals surface area contributed by atoms with Crippen LogP contribution in [-0.4, -0.2) is 30.6 Å². The van der Waals surface area contributed by atoms with Gasteiger partial charge in [0.15, 0.2) is 5.82 Å². The fraction of sp³-hybridized carbons (Fsp3) is 0.421. The summed E-state index contributed by atoms with van der Waals surface area (Å²) in [4.78, 5) is 22.8. The number of nitrogens with one attached hydrogen (secondary N) is 1. The number of pyridine rings is 1. The average molecular weight is 380 g/mol. The third-order valence-electron chi connectivity index (χ3n) is 5.34. The molecule has 0 saturated heterocycles. The molecule has 138 valence electrons. The van der Waals surface area contributed by atoms with E-state index in [9.17, 15) is 4.79 Å². The van der Waals surface area contributed by atoms with Crippen LogP contribution in [0.15, 0.2) is 24.5 Å². The first-order valence-electron chi connectivity index (χ1n) is 9.35. The van der Waals surface area contributed by atoms with Gasteiger partial charge in [-0.15, -0.1) is 21.5 Å². The van der Waals surface area contributed by atoms with E-state index in [1.807, 2.05) is 12.1 Å². The molecule has 8 heteroatoms. The SMILES string of the molecule is O=C(NCc1nnc2n1CCC2)C1CCc2sc(-c3ccncc3)nc2C1. The predicted octanol–water partition coefficient (Wildman–Crippen LogP) is 2.16. The molecular formula is C19H20N6OS. The van der Waals surface area contributed by atoms with Crippen LogP contribution in [0.1, 0.15) is 35.1 Å². The maximum Gasteiger partial charge on any atom is 0.223 e. The number of thiazole rings is 1. The quantitative estimate of drug-likeness (QED) is 0.750. The van der Waals surface area contributed by atoms with Gasteiger partial charge in [0.05, 0.1) is 12.2 Å². The van der Waals surface area contributed by atoms with Crippen LogP contribution in [0.2, 0.25) is 0 Å². The summed E-state index contributed by atoms with van der Waals surface area (Å²) < 4.78 is 2.13. The van der Waals surface area contributed by atoms with Gasteiger partial charge in [0.1, 0.15) is 10.8 Å². The minimum absolute atomic E-state index is 0.0224. The van der Waals surface area contributed by atoms with E-state index in [1.165, 1.54) is 4.88 Å². The molecule has 0 spiro atoms. The average Bonchev–Trinajstić information content (AvgIpc) is 3.42. The van der Waals surface area contributed by atoms with Gasteiger partial charge in [0.2, 0.25) is 5.91 Å². The first-order valence-corrected chi connectivity index (χ1v) is 10.2. The van der Waals surface area contributed by atoms with Gasteiger partial charge in [-0.25, -0.2) is 4.98 Å². The van der Waals surface area contributed by atoms with E-state index in [0.29, 0.717) is 13.0 Å². The Balaban J connectivity index is 1.25. The van der Waals surface area contributed by atoms with Crippen LogP contribution in [0.3, 0.4) is 0 Å². The monoisotopic (exact) mass is 380 g/mol. The summed E-state index contributed by atoms with van der Waals surface area (Å²) in [5.41, 5.74) is 2.16. The summed E-state index contributed by atoms with van der Waals surface area (Å²) in [6.45, 7) is 1.41. The van der Waals surface area contributed by atoms with Crippen LogP contribution in [0.25, 0.3) is 10.6 Å². The van der Waals surface area contributed by atoms with Crippen molar-refractivity contribution in [3.05, 3.63) is 46.7 Å². The second kappa shape index (κ2) is 6.84. The Bertz CT molecular complexity index is 980. The Morgan fingerprint density at radius 3 is 3.04 bits per heavy atom. The van der Waals surface area contributed by atoms with Crippen molar-refractivity contribution in [1.82, 2.24) is 30.0 Å². The van der Waals surface area contributed by atoms with Gasteiger partial charge >= 0.3 is 0 Å². The largest absolute Gasteiger partial charge is 0.349 e. The van der Waals surface area contributed by atoms with Crippen LogP contribution in [0.4, 0.5) is 0 Å². The van der Waals surface area contributed by atoms with Gasteiger partial charge in [-0.05, 0) is 31.4 Å². The third kappa shape index (κ3) is 3.14. The van der Waals surface area contributed by atoms with Crippen LogP contribution in [0, 0.1) is 5.92 Å². The molecular weight excluding hydrogens is 360 g/mol. The van der Waals surface area contributed by atoms with Crippen molar-refractivity contribution < 1.29 is 4.79 Å². The molecule has 27 heavy (non-hydrogen) atoms. The van der Waals surface area contributed by atoms with Crippen molar-refractivity contribution in [3.63, 3.8) is 0 Å². The van der Waals surface area contributed by atoms with Crippen molar-refractivity contribution in [2.45, 2.75) is 45.2 Å². The lowest BCUT2D eigenvalue weighted by Gasteiger charge is -2.20. The van der Waals surface area contributed by atoms with Crippen LogP contribution < -0.4 is 5.32 Å². The summed E-state index contributed by atoms with van der Waals surface area (Å²) in [5.74, 6) is 1.97. The highest BCUT2D eigenvalue weighted by molar-refractivity contribution is 7.15. The predicted molar refractivity (Wildman–Crippen MR) is 101 cm³/mol. The van der Waals surface area contributed by atoms with Crippen molar-refractivity contribution in [2.24, 2.45) is 5.92 Å². The Labute approximate surface area is 160 Å². The van der Waals surface area contributed by atoms with E-state index in [-0.39, 0.29) is 11.8 Å². The molecule has 1 N–H and O–H groups in total. The molecule has 1 amide bonds. The minimum atomic E-state index is -0.0224. The van der Waals surface area contributed by atoms with Crippen LogP contribution in [0.5, 0.6) is 0 Å². The Hall–Kier alpha value is -2.61. The van der Waals surface area contributed by atoms with Gasteiger partial charge in [-0.3, -0.25) is 9.78 Å². The molecule has 7 nitrogen and oxygen atoms in total. The Morgan fingerprint density at radius 2 is 2.15 bits per heavy atom. The van der Waals surface area contributed by atoms with Gasteiger partial charge in [0, 0.05) is 48.1 Å². The number of fused-ring (bicyclic) bond motifs is 2. The molecule has 0 radical (unpaired) electrons. The molecule has 0 bridgehead atoms. The van der Waals surface area contributed by atoms with E-state index in [4.69, 9.17) is 4.98 Å². The molecule has 4 heterocycles. The van der Waals surface area contributed by atoms with E-state index in [2.05, 4.69) is 25.1 Å². The molecule has 0 fully saturated rings. The molecule has 1 aliphatic carbocycles. The van der Waals surface area contributed by atoms with Gasteiger partial charge in [-0.1, -0.05) is 0 Å². The zero-order valence-electron chi connectivity index (χ0n) is 14.9. The Kier molecular flexibility index (Phi) is 4.20. The minimum Gasteiger partial charge on any atom is -0.349 e. The summed E-state index contributed by atoms with van der Waals surface area (Å²) in [5, 5.41) is 12.5. The van der Waals surface area contributed by atoms with Crippen molar-refractivity contribution in [1.29, 1.82) is 0 Å². The maximum absolute atomic E-state index is 12.7. The van der Waals surface area contributed by atoms with Gasteiger partial charge in [0.25, 0.3) is 0 Å². The highest BCUT2D eigenvalue weighted by atomic mass is 32.1. The first kappa shape index (κ1) is 16.6. The van der Waals surface area contributed by atoms with Crippen molar-refractivity contribution >= 4 is 17.2 Å². The molecule has 2 aliphatic rings. The summed E-state index contributed by atoms with van der Waals surface area (Å²) in [6, 6.07) is 3.96. The number of carbonyl (C=O) groups is 1. The zero-order valence-corrected chi connectivity index (χ0v) is 15.7. The van der Waals surface area contributed by atoms with Gasteiger partial charge in [-0.2, -0.15) is 0 Å². The molecule has 1 unspecified atom stereocenters. The number of hydrogen-bond acceptors (Lipinski definition) is 6. The van der Waals surface area contributed by atoms with Crippen molar-refractivity contribution in [2.75, 3.05) is 0 Å². The first-order chi connectivity index (χ1) is 13.3. The number of hydrogen-bond donors (Lipinski definition) is 1. The standard InChI is InChI=1S/C19H20N6OS/c26-18(21-11-17-24-23-16-2-1-9-25(16)17)13-3-4-15-14(10-13)22-19(27-15)12-5-7-20-8-6-12/h5-8,13H,1-4,9-11H2,(H,21,26). The summed E-state index contributed by atoms with van der Waals surface area (Å²) in [6.07, 6.45) is 8.16. The molecule has 0 aromatic carbocycles. The number of carbonyl (C=O) groups excluding carboxylic acids is 1. The van der Waals surface area contributed by atoms with Crippen LogP contribution >= 0.6 is 11.3 Å². The highest BCUT2D eigenvalue weighted by Gasteiger charge is 2.28. The van der Waals surface area contributed by atoms with E-state index >= 15 is 0 Å². The molecule has 1 atom stereocenters. The number of aromatic nitrogens is 5. The maximum atomic E-state index is 12.7. The number of nitrogens with zero attached hydrogens (tertiary/aromatic N) is 5. The van der Waals surface area contributed by atoms with E-state index in [1.54, 1.807) is 23.7 Å². The number of rotatable bonds is 4. The second-order valence-corrected chi connectivity index (χ2v) is 8.15. The summed E-state index contributed by atoms with van der Waals surface area (Å²) in [7, 11) is 0. The lowest BCUT2D eigenvalue weighted by atomic mass is 9.90. The number of aryl methyl sites for hydroxylation is 2. The van der Waals surface area contributed by atoms with Crippen molar-refractivity contribution in [3.8, 4) is 10.6 Å². The Morgan fingerprint density at radius 1 is 1.26 bits per heavy atom. The lowest BCUT2D eigenvalue weighted by molar-refractivity contribution is -0.125. The topological polar surface area (TPSA) is 85.6 Å². The molecule has 3 aromatic rings.